The number of rotatable bonds is 5. The first-order chi connectivity index (χ1) is 13.2. The molecule has 0 fully saturated rings. The maximum atomic E-state index is 13.4. The minimum absolute atomic E-state index is 0.285. The van der Waals surface area contributed by atoms with Gasteiger partial charge in [0.25, 0.3) is 0 Å². The van der Waals surface area contributed by atoms with Crippen LogP contribution in [0.25, 0.3) is 17.1 Å². The molecule has 0 bridgehead atoms. The summed E-state index contributed by atoms with van der Waals surface area (Å²) >= 11 is 7.51. The molecule has 0 amide bonds. The summed E-state index contributed by atoms with van der Waals surface area (Å²) in [5.74, 6) is 1.11. The highest BCUT2D eigenvalue weighted by molar-refractivity contribution is 7.98. The van der Waals surface area contributed by atoms with Crippen LogP contribution >= 0.6 is 23.4 Å². The molecule has 0 spiro atoms. The van der Waals surface area contributed by atoms with Crippen LogP contribution in [0.2, 0.25) is 5.02 Å². The van der Waals surface area contributed by atoms with E-state index in [4.69, 9.17) is 11.6 Å². The number of halogens is 2. The molecule has 4 nitrogen and oxygen atoms in total. The van der Waals surface area contributed by atoms with Crippen LogP contribution in [0.4, 0.5) is 4.39 Å². The molecule has 0 atom stereocenters. The molecule has 2 heterocycles. The molecule has 0 N–H and O–H groups in total. The van der Waals surface area contributed by atoms with E-state index >= 15 is 0 Å². The molecule has 27 heavy (non-hydrogen) atoms. The van der Waals surface area contributed by atoms with E-state index in [1.54, 1.807) is 36.3 Å². The predicted molar refractivity (Wildman–Crippen MR) is 106 cm³/mol. The molecule has 2 aromatic carbocycles. The van der Waals surface area contributed by atoms with Gasteiger partial charge in [-0.3, -0.25) is 9.55 Å². The molecular formula is C20H14ClFN4S. The first-order valence-corrected chi connectivity index (χ1v) is 9.56. The average Bonchev–Trinajstić information content (AvgIpc) is 3.13. The van der Waals surface area contributed by atoms with Crippen molar-refractivity contribution < 1.29 is 4.39 Å². The lowest BCUT2D eigenvalue weighted by atomic mass is 10.2. The zero-order valence-electron chi connectivity index (χ0n) is 14.1. The van der Waals surface area contributed by atoms with Crippen LogP contribution in [-0.2, 0) is 5.75 Å². The number of pyridine rings is 1. The van der Waals surface area contributed by atoms with Gasteiger partial charge in [0, 0.05) is 34.4 Å². The minimum atomic E-state index is -0.285. The van der Waals surface area contributed by atoms with E-state index in [1.165, 1.54) is 12.1 Å². The molecule has 134 valence electrons. The van der Waals surface area contributed by atoms with E-state index in [-0.39, 0.29) is 5.82 Å². The Labute approximate surface area is 165 Å². The summed E-state index contributed by atoms with van der Waals surface area (Å²) in [7, 11) is 0. The van der Waals surface area contributed by atoms with E-state index in [2.05, 4.69) is 15.2 Å². The Bertz CT molecular complexity index is 1030. The van der Waals surface area contributed by atoms with Crippen molar-refractivity contribution in [2.45, 2.75) is 10.9 Å². The molecule has 0 aliphatic rings. The van der Waals surface area contributed by atoms with Crippen LogP contribution in [0.5, 0.6) is 0 Å². The molecule has 0 radical (unpaired) electrons. The summed E-state index contributed by atoms with van der Waals surface area (Å²) < 4.78 is 15.3. The Hall–Kier alpha value is -2.70. The van der Waals surface area contributed by atoms with E-state index in [0.29, 0.717) is 16.6 Å². The minimum Gasteiger partial charge on any atom is -0.270 e. The quantitative estimate of drug-likeness (QED) is 0.423. The first-order valence-electron chi connectivity index (χ1n) is 8.20. The second-order valence-electron chi connectivity index (χ2n) is 5.77. The third-order valence-corrected chi connectivity index (χ3v) is 5.19. The number of hydrogen-bond acceptors (Lipinski definition) is 4. The maximum Gasteiger partial charge on any atom is 0.196 e. The van der Waals surface area contributed by atoms with Crippen LogP contribution in [0.1, 0.15) is 5.56 Å². The summed E-state index contributed by atoms with van der Waals surface area (Å²) in [5, 5.41) is 10.2. The number of benzene rings is 2. The van der Waals surface area contributed by atoms with Gasteiger partial charge in [-0.05, 0) is 54.1 Å². The highest BCUT2D eigenvalue weighted by Gasteiger charge is 2.16. The first kappa shape index (κ1) is 17.7. The van der Waals surface area contributed by atoms with Crippen LogP contribution in [0.3, 0.4) is 0 Å². The van der Waals surface area contributed by atoms with Crippen molar-refractivity contribution in [3.8, 4) is 17.1 Å². The van der Waals surface area contributed by atoms with Crippen molar-refractivity contribution in [3.63, 3.8) is 0 Å². The van der Waals surface area contributed by atoms with Gasteiger partial charge in [0.05, 0.1) is 0 Å². The van der Waals surface area contributed by atoms with Gasteiger partial charge in [-0.15, -0.1) is 10.2 Å². The van der Waals surface area contributed by atoms with E-state index in [9.17, 15) is 4.39 Å². The van der Waals surface area contributed by atoms with Gasteiger partial charge in [-0.25, -0.2) is 4.39 Å². The topological polar surface area (TPSA) is 43.6 Å². The molecule has 0 saturated heterocycles. The maximum absolute atomic E-state index is 13.4. The molecule has 0 aliphatic carbocycles. The lowest BCUT2D eigenvalue weighted by Crippen LogP contribution is -2.00. The number of hydrogen-bond donors (Lipinski definition) is 0. The molecule has 4 rings (SSSR count). The second-order valence-corrected chi connectivity index (χ2v) is 7.15. The van der Waals surface area contributed by atoms with Crippen molar-refractivity contribution in [2.24, 2.45) is 0 Å². The van der Waals surface area contributed by atoms with Crippen LogP contribution in [0, 0.1) is 5.82 Å². The highest BCUT2D eigenvalue weighted by atomic mass is 35.5. The molecule has 0 unspecified atom stereocenters. The lowest BCUT2D eigenvalue weighted by Gasteiger charge is -2.10. The summed E-state index contributed by atoms with van der Waals surface area (Å²) in [5.41, 5.74) is 2.82. The summed E-state index contributed by atoms with van der Waals surface area (Å²) in [6, 6.07) is 17.7. The van der Waals surface area contributed by atoms with Crippen LogP contribution < -0.4 is 0 Å². The van der Waals surface area contributed by atoms with Crippen molar-refractivity contribution in [1.82, 2.24) is 19.7 Å². The zero-order chi connectivity index (χ0) is 18.6. The number of thioether (sulfide) groups is 1. The van der Waals surface area contributed by atoms with E-state index < -0.39 is 0 Å². The number of aromatic nitrogens is 4. The van der Waals surface area contributed by atoms with Gasteiger partial charge in [0.15, 0.2) is 11.0 Å². The Morgan fingerprint density at radius 2 is 1.59 bits per heavy atom. The molecule has 0 aliphatic heterocycles. The smallest absolute Gasteiger partial charge is 0.196 e. The Morgan fingerprint density at radius 1 is 0.889 bits per heavy atom. The average molecular weight is 397 g/mol. The summed E-state index contributed by atoms with van der Waals surface area (Å²) in [6.07, 6.45) is 3.42. The van der Waals surface area contributed by atoms with Crippen molar-refractivity contribution >= 4 is 23.4 Å². The Balaban J connectivity index is 1.71. The van der Waals surface area contributed by atoms with E-state index in [0.717, 1.165) is 22.0 Å². The van der Waals surface area contributed by atoms with Crippen LogP contribution in [0.15, 0.2) is 78.2 Å². The molecule has 4 aromatic rings. The van der Waals surface area contributed by atoms with Gasteiger partial charge in [0.2, 0.25) is 0 Å². The molecular weight excluding hydrogens is 383 g/mol. The monoisotopic (exact) mass is 396 g/mol. The second kappa shape index (κ2) is 7.90. The van der Waals surface area contributed by atoms with Crippen LogP contribution in [-0.4, -0.2) is 19.7 Å². The predicted octanol–water partition coefficient (Wildman–Crippen LogP) is 5.41. The van der Waals surface area contributed by atoms with Gasteiger partial charge in [-0.2, -0.15) is 0 Å². The summed E-state index contributed by atoms with van der Waals surface area (Å²) in [6.45, 7) is 0. The Morgan fingerprint density at radius 3 is 2.30 bits per heavy atom. The fourth-order valence-electron chi connectivity index (χ4n) is 2.60. The molecule has 7 heteroatoms. The zero-order valence-corrected chi connectivity index (χ0v) is 15.7. The van der Waals surface area contributed by atoms with Crippen molar-refractivity contribution in [3.05, 3.63) is 89.5 Å². The van der Waals surface area contributed by atoms with Gasteiger partial charge in [-0.1, -0.05) is 35.5 Å². The standard InChI is InChI=1S/C20H14ClFN4S/c21-16-3-1-14(2-4-16)13-27-20-25-24-19(15-9-11-23-12-10-15)26(20)18-7-5-17(22)6-8-18/h1-12H,13H2. The van der Waals surface area contributed by atoms with Gasteiger partial charge < -0.3 is 0 Å². The summed E-state index contributed by atoms with van der Waals surface area (Å²) in [4.78, 5) is 4.05. The molecule has 2 aromatic heterocycles. The van der Waals surface area contributed by atoms with E-state index in [1.807, 2.05) is 41.0 Å². The largest absolute Gasteiger partial charge is 0.270 e. The highest BCUT2D eigenvalue weighted by Crippen LogP contribution is 2.29. The fraction of sp³-hybridized carbons (Fsp3) is 0.0500. The van der Waals surface area contributed by atoms with Gasteiger partial charge in [0.1, 0.15) is 5.82 Å². The third kappa shape index (κ3) is 4.02. The lowest BCUT2D eigenvalue weighted by molar-refractivity contribution is 0.627. The SMILES string of the molecule is Fc1ccc(-n2c(SCc3ccc(Cl)cc3)nnc2-c2ccncc2)cc1. The normalized spacial score (nSPS) is 10.9. The third-order valence-electron chi connectivity index (χ3n) is 3.94. The number of nitrogens with zero attached hydrogens (tertiary/aromatic N) is 4. The fourth-order valence-corrected chi connectivity index (χ4v) is 3.64. The Kier molecular flexibility index (Phi) is 5.18. The van der Waals surface area contributed by atoms with Gasteiger partial charge >= 0.3 is 0 Å². The van der Waals surface area contributed by atoms with Crippen molar-refractivity contribution in [2.75, 3.05) is 0 Å². The molecule has 0 saturated carbocycles. The van der Waals surface area contributed by atoms with Crippen molar-refractivity contribution in [1.29, 1.82) is 0 Å².